The molecule has 1 N–H and O–H groups in total. The van der Waals surface area contributed by atoms with Crippen molar-refractivity contribution in [3.8, 4) is 0 Å². The number of nitrogens with one attached hydrogen (secondary N) is 1. The highest BCUT2D eigenvalue weighted by Gasteiger charge is 2.28. The van der Waals surface area contributed by atoms with Crippen LogP contribution < -0.4 is 4.72 Å². The Hall–Kier alpha value is -1.87. The average Bonchev–Trinajstić information content (AvgIpc) is 2.88. The lowest BCUT2D eigenvalue weighted by atomic mass is 10.0. The van der Waals surface area contributed by atoms with Gasteiger partial charge in [0.05, 0.1) is 18.4 Å². The quantitative estimate of drug-likeness (QED) is 0.695. The van der Waals surface area contributed by atoms with E-state index in [0.717, 1.165) is 31.2 Å². The minimum absolute atomic E-state index is 0.0767. The number of piperidine rings is 1. The molecule has 0 bridgehead atoms. The van der Waals surface area contributed by atoms with Gasteiger partial charge in [0.1, 0.15) is 6.54 Å². The van der Waals surface area contributed by atoms with Crippen LogP contribution in [0.4, 0.5) is 0 Å². The van der Waals surface area contributed by atoms with Gasteiger partial charge in [-0.1, -0.05) is 0 Å². The number of nitrogens with zero attached hydrogens (tertiary/aromatic N) is 2. The highest BCUT2D eigenvalue weighted by atomic mass is 32.2. The fourth-order valence-electron chi connectivity index (χ4n) is 3.47. The Morgan fingerprint density at radius 3 is 2.63 bits per heavy atom. The number of rotatable bonds is 7. The molecule has 0 radical (unpaired) electrons. The molecule has 152 valence electrons. The van der Waals surface area contributed by atoms with E-state index < -0.39 is 16.0 Å². The minimum Gasteiger partial charge on any atom is -0.462 e. The molecule has 9 heteroatoms. The monoisotopic (exact) mass is 399 g/mol. The average molecular weight is 400 g/mol. The lowest BCUT2D eigenvalue weighted by Crippen LogP contribution is -2.50. The predicted molar refractivity (Wildman–Crippen MR) is 102 cm³/mol. The highest BCUT2D eigenvalue weighted by Crippen LogP contribution is 2.20. The van der Waals surface area contributed by atoms with Crippen LogP contribution in [-0.2, 0) is 26.1 Å². The first-order valence-electron chi connectivity index (χ1n) is 9.22. The number of sulfonamides is 1. The molecule has 27 heavy (non-hydrogen) atoms. The van der Waals surface area contributed by atoms with E-state index in [1.54, 1.807) is 24.8 Å². The number of carbonyl (C=O) groups excluding carboxylic acids is 2. The van der Waals surface area contributed by atoms with Crippen molar-refractivity contribution in [1.29, 1.82) is 0 Å². The van der Waals surface area contributed by atoms with Crippen LogP contribution in [0.2, 0.25) is 0 Å². The molecule has 1 aliphatic rings. The maximum absolute atomic E-state index is 12.9. The third-order valence-electron chi connectivity index (χ3n) is 4.89. The van der Waals surface area contributed by atoms with Gasteiger partial charge in [-0.25, -0.2) is 17.9 Å². The van der Waals surface area contributed by atoms with Crippen LogP contribution in [0.15, 0.2) is 6.07 Å². The molecule has 1 aliphatic heterocycles. The van der Waals surface area contributed by atoms with Crippen molar-refractivity contribution >= 4 is 21.9 Å². The summed E-state index contributed by atoms with van der Waals surface area (Å²) in [5.74, 6) is -0.468. The number of carbonyl (C=O) groups is 2. The van der Waals surface area contributed by atoms with Crippen molar-refractivity contribution in [2.45, 2.75) is 52.6 Å². The van der Waals surface area contributed by atoms with Gasteiger partial charge in [0.2, 0.25) is 15.9 Å². The summed E-state index contributed by atoms with van der Waals surface area (Å²) in [6.07, 6.45) is 3.75. The van der Waals surface area contributed by atoms with Crippen LogP contribution in [-0.4, -0.2) is 61.8 Å². The van der Waals surface area contributed by atoms with Gasteiger partial charge in [0.15, 0.2) is 0 Å². The number of amides is 1. The van der Waals surface area contributed by atoms with Crippen molar-refractivity contribution in [1.82, 2.24) is 14.2 Å². The normalized spacial score (nSPS) is 17.8. The van der Waals surface area contributed by atoms with Crippen LogP contribution in [0.1, 0.15) is 47.9 Å². The van der Waals surface area contributed by atoms with E-state index in [9.17, 15) is 18.0 Å². The van der Waals surface area contributed by atoms with E-state index in [-0.39, 0.29) is 25.0 Å². The van der Waals surface area contributed by atoms with Gasteiger partial charge in [-0.05, 0) is 46.1 Å². The number of hydrogen-bond acceptors (Lipinski definition) is 5. The molecule has 1 unspecified atom stereocenters. The molecule has 0 aromatic carbocycles. The van der Waals surface area contributed by atoms with E-state index in [2.05, 4.69) is 4.72 Å². The Balaban J connectivity index is 2.14. The summed E-state index contributed by atoms with van der Waals surface area (Å²) in [4.78, 5) is 26.7. The molecule has 8 nitrogen and oxygen atoms in total. The number of aromatic nitrogens is 1. The largest absolute Gasteiger partial charge is 0.462 e. The van der Waals surface area contributed by atoms with E-state index in [1.165, 1.54) is 0 Å². The summed E-state index contributed by atoms with van der Waals surface area (Å²) in [5.41, 5.74) is 1.98. The maximum atomic E-state index is 12.9. The smallest absolute Gasteiger partial charge is 0.339 e. The first-order valence-corrected chi connectivity index (χ1v) is 11.1. The summed E-state index contributed by atoms with van der Waals surface area (Å²) < 4.78 is 32.2. The molecular weight excluding hydrogens is 370 g/mol. The summed E-state index contributed by atoms with van der Waals surface area (Å²) in [5, 5.41) is 0. The van der Waals surface area contributed by atoms with E-state index in [4.69, 9.17) is 4.74 Å². The van der Waals surface area contributed by atoms with Crippen molar-refractivity contribution in [2.75, 3.05) is 26.0 Å². The standard InChI is InChI=1S/C18H29N3O5S/c1-5-26-18(23)16-10-13(2)21(14(16)3)12-17(22)20-9-7-6-8-15(20)11-19-27(4,24)25/h10,15,19H,5-9,11-12H2,1-4H3. The van der Waals surface area contributed by atoms with Crippen molar-refractivity contribution < 1.29 is 22.7 Å². The third-order valence-corrected chi connectivity index (χ3v) is 5.58. The number of ether oxygens (including phenoxy) is 1. The predicted octanol–water partition coefficient (Wildman–Crippen LogP) is 1.21. The molecule has 1 amide bonds. The Labute approximate surface area is 160 Å². The van der Waals surface area contributed by atoms with Gasteiger partial charge < -0.3 is 14.2 Å². The first kappa shape index (κ1) is 21.4. The summed E-state index contributed by atoms with van der Waals surface area (Å²) >= 11 is 0. The van der Waals surface area contributed by atoms with Crippen LogP contribution in [0.5, 0.6) is 0 Å². The molecule has 1 fully saturated rings. The second-order valence-electron chi connectivity index (χ2n) is 6.95. The fraction of sp³-hybridized carbons (Fsp3) is 0.667. The second-order valence-corrected chi connectivity index (χ2v) is 8.78. The Morgan fingerprint density at radius 2 is 2.00 bits per heavy atom. The van der Waals surface area contributed by atoms with Gasteiger partial charge in [-0.3, -0.25) is 4.79 Å². The minimum atomic E-state index is -3.30. The van der Waals surface area contributed by atoms with Crippen LogP contribution in [0, 0.1) is 13.8 Å². The molecule has 1 saturated heterocycles. The van der Waals surface area contributed by atoms with E-state index in [1.807, 2.05) is 11.5 Å². The van der Waals surface area contributed by atoms with Crippen LogP contribution in [0.25, 0.3) is 0 Å². The van der Waals surface area contributed by atoms with Gasteiger partial charge in [0.25, 0.3) is 0 Å². The molecule has 1 aromatic heterocycles. The number of hydrogen-bond donors (Lipinski definition) is 1. The SMILES string of the molecule is CCOC(=O)c1cc(C)n(CC(=O)N2CCCCC2CNS(C)(=O)=O)c1C. The van der Waals surface area contributed by atoms with Crippen molar-refractivity contribution in [3.63, 3.8) is 0 Å². The lowest BCUT2D eigenvalue weighted by molar-refractivity contribution is -0.135. The Bertz CT molecular complexity index is 800. The lowest BCUT2D eigenvalue weighted by Gasteiger charge is -2.36. The fourth-order valence-corrected chi connectivity index (χ4v) is 3.97. The van der Waals surface area contributed by atoms with Gasteiger partial charge in [-0.2, -0.15) is 0 Å². The number of likely N-dealkylation sites (tertiary alicyclic amines) is 1. The zero-order valence-electron chi connectivity index (χ0n) is 16.4. The number of esters is 1. The van der Waals surface area contributed by atoms with Crippen molar-refractivity contribution in [2.24, 2.45) is 0 Å². The molecule has 0 spiro atoms. The topological polar surface area (TPSA) is 97.7 Å². The van der Waals surface area contributed by atoms with Gasteiger partial charge in [0, 0.05) is 30.5 Å². The van der Waals surface area contributed by atoms with Gasteiger partial charge >= 0.3 is 5.97 Å². The third kappa shape index (κ3) is 5.55. The summed E-state index contributed by atoms with van der Waals surface area (Å²) in [6.45, 7) is 6.65. The summed E-state index contributed by atoms with van der Waals surface area (Å²) in [7, 11) is -3.30. The molecule has 1 aromatic rings. The highest BCUT2D eigenvalue weighted by molar-refractivity contribution is 7.88. The molecule has 0 saturated carbocycles. The van der Waals surface area contributed by atoms with E-state index >= 15 is 0 Å². The van der Waals surface area contributed by atoms with Crippen molar-refractivity contribution in [3.05, 3.63) is 23.0 Å². The molecular formula is C18H29N3O5S. The van der Waals surface area contributed by atoms with E-state index in [0.29, 0.717) is 24.4 Å². The zero-order valence-corrected chi connectivity index (χ0v) is 17.3. The van der Waals surface area contributed by atoms with Crippen LogP contribution in [0.3, 0.4) is 0 Å². The Kier molecular flexibility index (Phi) is 7.05. The second kappa shape index (κ2) is 8.88. The number of aryl methyl sites for hydroxylation is 1. The molecule has 2 heterocycles. The van der Waals surface area contributed by atoms with Gasteiger partial charge in [-0.15, -0.1) is 0 Å². The maximum Gasteiger partial charge on any atom is 0.339 e. The zero-order chi connectivity index (χ0) is 20.2. The first-order chi connectivity index (χ1) is 12.6. The summed E-state index contributed by atoms with van der Waals surface area (Å²) in [6, 6.07) is 1.58. The Morgan fingerprint density at radius 1 is 1.30 bits per heavy atom. The molecule has 0 aliphatic carbocycles. The molecule has 1 atom stereocenters. The van der Waals surface area contributed by atoms with Crippen LogP contribution >= 0.6 is 0 Å². The molecule has 2 rings (SSSR count).